The second-order valence-corrected chi connectivity index (χ2v) is 8.45. The van der Waals surface area contributed by atoms with Crippen molar-refractivity contribution in [2.24, 2.45) is 5.92 Å². The van der Waals surface area contributed by atoms with Gasteiger partial charge >= 0.3 is 0 Å². The van der Waals surface area contributed by atoms with Crippen molar-refractivity contribution in [3.05, 3.63) is 47.0 Å². The smallest absolute Gasteiger partial charge is 0.272 e. The summed E-state index contributed by atoms with van der Waals surface area (Å²) in [5.41, 5.74) is 1.42. The summed E-state index contributed by atoms with van der Waals surface area (Å²) in [6, 6.07) is 9.84. The van der Waals surface area contributed by atoms with Gasteiger partial charge in [-0.15, -0.1) is 0 Å². The van der Waals surface area contributed by atoms with Gasteiger partial charge in [0.25, 0.3) is 5.91 Å². The number of imidazole rings is 1. The molecule has 2 aromatic rings. The van der Waals surface area contributed by atoms with Crippen LogP contribution in [-0.4, -0.2) is 45.4 Å². The van der Waals surface area contributed by atoms with E-state index in [1.54, 1.807) is 10.8 Å². The molecule has 0 bridgehead atoms. The van der Waals surface area contributed by atoms with Crippen LogP contribution in [0.1, 0.15) is 55.4 Å². The fourth-order valence-electron chi connectivity index (χ4n) is 4.43. The van der Waals surface area contributed by atoms with E-state index in [9.17, 15) is 9.59 Å². The van der Waals surface area contributed by atoms with Gasteiger partial charge in [-0.25, -0.2) is 0 Å². The molecule has 154 valence electrons. The number of hydrogen-bond acceptors (Lipinski definition) is 3. The van der Waals surface area contributed by atoms with Crippen LogP contribution in [0.2, 0.25) is 0 Å². The summed E-state index contributed by atoms with van der Waals surface area (Å²) in [7, 11) is 0. The Kier molecular flexibility index (Phi) is 6.13. The van der Waals surface area contributed by atoms with Crippen molar-refractivity contribution in [1.29, 1.82) is 0 Å². The van der Waals surface area contributed by atoms with E-state index >= 15 is 0 Å². The summed E-state index contributed by atoms with van der Waals surface area (Å²) < 4.78 is 2.29. The number of benzene rings is 1. The normalized spacial score (nSPS) is 18.6. The van der Waals surface area contributed by atoms with Crippen molar-refractivity contribution in [3.8, 4) is 5.69 Å². The third kappa shape index (κ3) is 4.45. The number of hydrogen-bond donors (Lipinski definition) is 2. The lowest BCUT2D eigenvalue weighted by atomic mass is 9.88. The fourth-order valence-corrected chi connectivity index (χ4v) is 4.69. The molecule has 1 saturated heterocycles. The van der Waals surface area contributed by atoms with E-state index in [1.165, 1.54) is 6.42 Å². The number of rotatable bonds is 4. The highest BCUT2D eigenvalue weighted by atomic mass is 32.1. The summed E-state index contributed by atoms with van der Waals surface area (Å²) in [5, 5.41) is 3.22. The van der Waals surface area contributed by atoms with Gasteiger partial charge in [0.2, 0.25) is 5.91 Å². The predicted octanol–water partition coefficient (Wildman–Crippen LogP) is 3.84. The number of nitrogens with one attached hydrogen (secondary N) is 2. The lowest BCUT2D eigenvalue weighted by molar-refractivity contribution is -0.126. The van der Waals surface area contributed by atoms with Crippen molar-refractivity contribution in [2.45, 2.75) is 51.0 Å². The van der Waals surface area contributed by atoms with E-state index in [1.807, 2.05) is 35.2 Å². The minimum Gasteiger partial charge on any atom is -0.353 e. The highest BCUT2D eigenvalue weighted by molar-refractivity contribution is 7.71. The summed E-state index contributed by atoms with van der Waals surface area (Å²) >= 11 is 5.39. The molecule has 2 N–H and O–H groups in total. The number of likely N-dealkylation sites (tertiary alicyclic amines) is 1. The van der Waals surface area contributed by atoms with Crippen molar-refractivity contribution in [1.82, 2.24) is 19.8 Å². The number of H-pyrrole nitrogens is 1. The molecule has 0 spiro atoms. The van der Waals surface area contributed by atoms with Gasteiger partial charge in [-0.1, -0.05) is 37.5 Å². The molecule has 1 aromatic heterocycles. The monoisotopic (exact) mass is 412 g/mol. The number of para-hydroxylation sites is 1. The van der Waals surface area contributed by atoms with Crippen molar-refractivity contribution in [3.63, 3.8) is 0 Å². The Labute approximate surface area is 176 Å². The molecule has 2 heterocycles. The number of piperidine rings is 1. The molecule has 1 saturated carbocycles. The fraction of sp³-hybridized carbons (Fsp3) is 0.500. The maximum Gasteiger partial charge on any atom is 0.272 e. The van der Waals surface area contributed by atoms with Gasteiger partial charge in [0.15, 0.2) is 4.77 Å². The minimum absolute atomic E-state index is 0.0294. The van der Waals surface area contributed by atoms with E-state index in [-0.39, 0.29) is 23.8 Å². The van der Waals surface area contributed by atoms with Gasteiger partial charge in [0, 0.05) is 36.9 Å². The van der Waals surface area contributed by atoms with Crippen molar-refractivity contribution in [2.75, 3.05) is 13.1 Å². The van der Waals surface area contributed by atoms with Gasteiger partial charge < -0.3 is 15.2 Å². The second kappa shape index (κ2) is 8.95. The second-order valence-electron chi connectivity index (χ2n) is 8.06. The molecule has 7 heteroatoms. The van der Waals surface area contributed by atoms with Crippen LogP contribution in [-0.2, 0) is 4.79 Å². The van der Waals surface area contributed by atoms with Gasteiger partial charge in [-0.05, 0) is 50.0 Å². The van der Waals surface area contributed by atoms with Crippen molar-refractivity contribution < 1.29 is 9.59 Å². The Hall–Kier alpha value is -2.41. The molecule has 1 aliphatic carbocycles. The first-order valence-corrected chi connectivity index (χ1v) is 11.0. The average Bonchev–Trinajstić information content (AvgIpc) is 3.16. The van der Waals surface area contributed by atoms with Crippen LogP contribution in [0, 0.1) is 10.7 Å². The van der Waals surface area contributed by atoms with Crippen LogP contribution in [0.4, 0.5) is 0 Å². The number of carbonyl (C=O) groups is 2. The molecule has 1 aromatic carbocycles. The number of carbonyl (C=O) groups excluding carboxylic acids is 2. The average molecular weight is 413 g/mol. The molecule has 2 fully saturated rings. The Morgan fingerprint density at radius 2 is 1.69 bits per heavy atom. The number of nitrogens with zero attached hydrogens (tertiary/aromatic N) is 2. The molecular weight excluding hydrogens is 384 g/mol. The van der Waals surface area contributed by atoms with Gasteiger partial charge in [-0.3, -0.25) is 14.2 Å². The molecule has 0 atom stereocenters. The molecule has 1 aliphatic heterocycles. The molecule has 6 nitrogen and oxygen atoms in total. The quantitative estimate of drug-likeness (QED) is 0.750. The SMILES string of the molecule is O=C(NC1CCN(C(=O)c2c[nH]c(=S)n2-c2ccccc2)CC1)C1CCCCC1. The Balaban J connectivity index is 1.38. The molecule has 2 amide bonds. The van der Waals surface area contributed by atoms with Crippen LogP contribution in [0.25, 0.3) is 5.69 Å². The number of aromatic amines is 1. The van der Waals surface area contributed by atoms with E-state index < -0.39 is 0 Å². The summed E-state index contributed by atoms with van der Waals surface area (Å²) in [4.78, 5) is 30.5. The first-order chi connectivity index (χ1) is 14.1. The molecular formula is C22H28N4O2S. The zero-order chi connectivity index (χ0) is 20.2. The van der Waals surface area contributed by atoms with Gasteiger partial charge in [0.05, 0.1) is 0 Å². The van der Waals surface area contributed by atoms with Crippen molar-refractivity contribution >= 4 is 24.0 Å². The predicted molar refractivity (Wildman–Crippen MR) is 115 cm³/mol. The number of aromatic nitrogens is 2. The van der Waals surface area contributed by atoms with E-state index in [0.717, 1.165) is 44.2 Å². The maximum atomic E-state index is 13.1. The van der Waals surface area contributed by atoms with Crippen LogP contribution in [0.3, 0.4) is 0 Å². The summed E-state index contributed by atoms with van der Waals surface area (Å²) in [6.07, 6.45) is 8.87. The molecule has 2 aliphatic rings. The van der Waals surface area contributed by atoms with Crippen LogP contribution in [0.5, 0.6) is 0 Å². The third-order valence-electron chi connectivity index (χ3n) is 6.11. The zero-order valence-electron chi connectivity index (χ0n) is 16.6. The van der Waals surface area contributed by atoms with Crippen LogP contribution in [0.15, 0.2) is 36.5 Å². The first kappa shape index (κ1) is 19.9. The molecule has 29 heavy (non-hydrogen) atoms. The van der Waals surface area contributed by atoms with E-state index in [4.69, 9.17) is 12.2 Å². The summed E-state index contributed by atoms with van der Waals surface area (Å²) in [6.45, 7) is 1.28. The standard InChI is InChI=1S/C22H28N4O2S/c27-20(16-7-3-1-4-8-16)24-17-11-13-25(14-12-17)21(28)19-15-23-22(29)26(19)18-9-5-2-6-10-18/h2,5-6,9-10,15-17H,1,3-4,7-8,11-14H2,(H,23,29)(H,24,27). The van der Waals surface area contributed by atoms with Gasteiger partial charge in [0.1, 0.15) is 5.69 Å². The van der Waals surface area contributed by atoms with Gasteiger partial charge in [-0.2, -0.15) is 0 Å². The molecule has 0 unspecified atom stereocenters. The first-order valence-electron chi connectivity index (χ1n) is 10.6. The minimum atomic E-state index is -0.0294. The Morgan fingerprint density at radius 1 is 1.00 bits per heavy atom. The maximum absolute atomic E-state index is 13.1. The zero-order valence-corrected chi connectivity index (χ0v) is 17.4. The summed E-state index contributed by atoms with van der Waals surface area (Å²) in [5.74, 6) is 0.356. The largest absolute Gasteiger partial charge is 0.353 e. The van der Waals surface area contributed by atoms with E-state index in [0.29, 0.717) is 23.6 Å². The molecule has 4 rings (SSSR count). The lowest BCUT2D eigenvalue weighted by Gasteiger charge is -2.33. The van der Waals surface area contributed by atoms with Crippen LogP contribution >= 0.6 is 12.2 Å². The highest BCUT2D eigenvalue weighted by Gasteiger charge is 2.29. The van der Waals surface area contributed by atoms with Crippen LogP contribution < -0.4 is 5.32 Å². The Bertz CT molecular complexity index is 906. The molecule has 0 radical (unpaired) electrons. The lowest BCUT2D eigenvalue weighted by Crippen LogP contribution is -2.48. The number of amides is 2. The topological polar surface area (TPSA) is 70.1 Å². The van der Waals surface area contributed by atoms with E-state index in [2.05, 4.69) is 10.3 Å². The third-order valence-corrected chi connectivity index (χ3v) is 6.41. The Morgan fingerprint density at radius 3 is 2.38 bits per heavy atom. The highest BCUT2D eigenvalue weighted by Crippen LogP contribution is 2.24.